The molecular weight excluding hydrogens is 540 g/mol. The summed E-state index contributed by atoms with van der Waals surface area (Å²) in [4.78, 5) is 0. The molecular formula is C45H34. The van der Waals surface area contributed by atoms with Crippen LogP contribution < -0.4 is 0 Å². The van der Waals surface area contributed by atoms with Gasteiger partial charge in [0.25, 0.3) is 0 Å². The van der Waals surface area contributed by atoms with Gasteiger partial charge >= 0.3 is 0 Å². The van der Waals surface area contributed by atoms with Crippen LogP contribution in [0.2, 0.25) is 0 Å². The summed E-state index contributed by atoms with van der Waals surface area (Å²) in [7, 11) is 0. The van der Waals surface area contributed by atoms with Gasteiger partial charge in [0.15, 0.2) is 0 Å². The van der Waals surface area contributed by atoms with E-state index in [1.807, 2.05) is 0 Å². The lowest BCUT2D eigenvalue weighted by Gasteiger charge is -2.24. The Morgan fingerprint density at radius 1 is 0.489 bits per heavy atom. The third-order valence-electron chi connectivity index (χ3n) is 10.3. The van der Waals surface area contributed by atoms with Crippen LogP contribution >= 0.6 is 0 Å². The van der Waals surface area contributed by atoms with Crippen molar-refractivity contribution in [1.29, 1.82) is 0 Å². The van der Waals surface area contributed by atoms with Gasteiger partial charge in [-0.1, -0.05) is 153 Å². The van der Waals surface area contributed by atoms with Crippen LogP contribution in [0.3, 0.4) is 0 Å². The molecule has 0 spiro atoms. The van der Waals surface area contributed by atoms with E-state index in [9.17, 15) is 0 Å². The molecule has 7 aromatic rings. The van der Waals surface area contributed by atoms with Gasteiger partial charge in [-0.2, -0.15) is 0 Å². The fourth-order valence-corrected chi connectivity index (χ4v) is 8.24. The predicted molar refractivity (Wildman–Crippen MR) is 193 cm³/mol. The number of fused-ring (bicyclic) bond motifs is 6. The topological polar surface area (TPSA) is 0 Å². The van der Waals surface area contributed by atoms with Crippen molar-refractivity contribution in [2.75, 3.05) is 0 Å². The number of hydrogen-bond donors (Lipinski definition) is 0. The minimum absolute atomic E-state index is 0.0457. The SMILES string of the molecule is CC1(C)c2ccccc2-c2cccc(-c3ccc(-c4c5ccccc5c(-c5ccc6c(c5)C=CCC6)c5ccccc45)cc3)c21. The van der Waals surface area contributed by atoms with E-state index in [0.717, 1.165) is 12.8 Å². The summed E-state index contributed by atoms with van der Waals surface area (Å²) in [6, 6.07) is 50.0. The minimum Gasteiger partial charge on any atom is -0.0836 e. The Morgan fingerprint density at radius 3 is 1.76 bits per heavy atom. The maximum Gasteiger partial charge on any atom is 0.0165 e. The van der Waals surface area contributed by atoms with Crippen molar-refractivity contribution < 1.29 is 0 Å². The van der Waals surface area contributed by atoms with Gasteiger partial charge in [0, 0.05) is 5.41 Å². The number of allylic oxidation sites excluding steroid dienone is 1. The molecule has 0 atom stereocenters. The number of benzene rings is 7. The van der Waals surface area contributed by atoms with Gasteiger partial charge in [0.2, 0.25) is 0 Å². The van der Waals surface area contributed by atoms with E-state index in [1.54, 1.807) is 0 Å². The Hall–Kier alpha value is -5.20. The molecule has 0 amide bonds. The first kappa shape index (κ1) is 26.2. The largest absolute Gasteiger partial charge is 0.0836 e. The molecule has 0 bridgehead atoms. The average Bonchev–Trinajstić information content (AvgIpc) is 3.33. The summed E-state index contributed by atoms with van der Waals surface area (Å²) in [5, 5.41) is 5.19. The third-order valence-corrected chi connectivity index (χ3v) is 10.3. The van der Waals surface area contributed by atoms with Crippen LogP contribution in [0.4, 0.5) is 0 Å². The molecule has 0 radical (unpaired) electrons. The Bertz CT molecular complexity index is 2270. The molecule has 0 fully saturated rings. The van der Waals surface area contributed by atoms with Crippen LogP contribution in [-0.4, -0.2) is 0 Å². The van der Waals surface area contributed by atoms with Gasteiger partial charge in [-0.05, 0) is 107 Å². The summed E-state index contributed by atoms with van der Waals surface area (Å²) < 4.78 is 0. The third kappa shape index (κ3) is 3.92. The van der Waals surface area contributed by atoms with Crippen molar-refractivity contribution in [2.24, 2.45) is 0 Å². The van der Waals surface area contributed by atoms with Crippen molar-refractivity contribution in [3.63, 3.8) is 0 Å². The molecule has 0 heterocycles. The summed E-state index contributed by atoms with van der Waals surface area (Å²) >= 11 is 0. The molecule has 0 nitrogen and oxygen atoms in total. The number of hydrogen-bond acceptors (Lipinski definition) is 0. The predicted octanol–water partition coefficient (Wildman–Crippen LogP) is 12.3. The van der Waals surface area contributed by atoms with Gasteiger partial charge in [-0.3, -0.25) is 0 Å². The molecule has 2 aliphatic carbocycles. The lowest BCUT2D eigenvalue weighted by atomic mass is 9.78. The standard InChI is InChI=1S/C45H34/c1-45(2)41-21-10-9-14-35(41)40-20-11-19-34(44(40)45)30-23-25-31(26-24-30)42-36-15-5-7-17-38(36)43(39-18-8-6-16-37(39)42)33-27-22-29-12-3-4-13-32(29)28-33/h4-11,13-28H,3,12H2,1-2H3. The van der Waals surface area contributed by atoms with E-state index < -0.39 is 0 Å². The van der Waals surface area contributed by atoms with Crippen LogP contribution in [0.5, 0.6) is 0 Å². The quantitative estimate of drug-likeness (QED) is 0.184. The molecule has 7 aromatic carbocycles. The highest BCUT2D eigenvalue weighted by molar-refractivity contribution is 6.21. The molecule has 0 saturated carbocycles. The lowest BCUT2D eigenvalue weighted by molar-refractivity contribution is 0.662. The van der Waals surface area contributed by atoms with Crippen molar-refractivity contribution in [3.8, 4) is 44.5 Å². The Kier molecular flexibility index (Phi) is 5.77. The molecule has 45 heavy (non-hydrogen) atoms. The van der Waals surface area contributed by atoms with Crippen molar-refractivity contribution >= 4 is 27.6 Å². The van der Waals surface area contributed by atoms with E-state index in [0.29, 0.717) is 0 Å². The van der Waals surface area contributed by atoms with E-state index >= 15 is 0 Å². The zero-order valence-corrected chi connectivity index (χ0v) is 25.8. The van der Waals surface area contributed by atoms with Crippen LogP contribution in [0.15, 0.2) is 140 Å². The maximum atomic E-state index is 2.39. The van der Waals surface area contributed by atoms with Gasteiger partial charge in [-0.15, -0.1) is 0 Å². The Balaban J connectivity index is 1.22. The first-order valence-corrected chi connectivity index (χ1v) is 16.2. The molecule has 2 aliphatic rings. The zero-order chi connectivity index (χ0) is 30.1. The molecule has 0 aliphatic heterocycles. The van der Waals surface area contributed by atoms with Crippen LogP contribution in [0.1, 0.15) is 42.5 Å². The van der Waals surface area contributed by atoms with Crippen LogP contribution in [0.25, 0.3) is 72.1 Å². The highest BCUT2D eigenvalue weighted by Gasteiger charge is 2.37. The molecule has 9 rings (SSSR count). The maximum absolute atomic E-state index is 2.39. The molecule has 0 aromatic heterocycles. The van der Waals surface area contributed by atoms with Gasteiger partial charge < -0.3 is 0 Å². The second-order valence-electron chi connectivity index (χ2n) is 13.2. The van der Waals surface area contributed by atoms with E-state index in [-0.39, 0.29) is 5.41 Å². The Labute approximate surface area is 265 Å². The Morgan fingerprint density at radius 2 is 1.04 bits per heavy atom. The van der Waals surface area contributed by atoms with Crippen molar-refractivity contribution in [2.45, 2.75) is 32.1 Å². The van der Waals surface area contributed by atoms with E-state index in [4.69, 9.17) is 0 Å². The molecule has 0 heteroatoms. The minimum atomic E-state index is -0.0457. The summed E-state index contributed by atoms with van der Waals surface area (Å²) in [6.45, 7) is 4.74. The first-order valence-electron chi connectivity index (χ1n) is 16.2. The van der Waals surface area contributed by atoms with Crippen molar-refractivity contribution in [1.82, 2.24) is 0 Å². The second kappa shape index (κ2) is 9.91. The van der Waals surface area contributed by atoms with Gasteiger partial charge in [0.1, 0.15) is 0 Å². The molecule has 0 saturated heterocycles. The van der Waals surface area contributed by atoms with Crippen molar-refractivity contribution in [3.05, 3.63) is 162 Å². The summed E-state index contributed by atoms with van der Waals surface area (Å²) in [5.41, 5.74) is 16.1. The molecule has 214 valence electrons. The summed E-state index contributed by atoms with van der Waals surface area (Å²) in [5.74, 6) is 0. The smallest absolute Gasteiger partial charge is 0.0165 e. The summed E-state index contributed by atoms with van der Waals surface area (Å²) in [6.07, 6.45) is 6.85. The van der Waals surface area contributed by atoms with Gasteiger partial charge in [-0.25, -0.2) is 0 Å². The van der Waals surface area contributed by atoms with Gasteiger partial charge in [0.05, 0.1) is 0 Å². The number of rotatable bonds is 3. The number of aryl methyl sites for hydroxylation is 1. The monoisotopic (exact) mass is 574 g/mol. The lowest BCUT2D eigenvalue weighted by Crippen LogP contribution is -2.16. The van der Waals surface area contributed by atoms with E-state index in [1.165, 1.54) is 88.3 Å². The fourth-order valence-electron chi connectivity index (χ4n) is 8.24. The van der Waals surface area contributed by atoms with Crippen LogP contribution in [0, 0.1) is 0 Å². The first-order chi connectivity index (χ1) is 22.1. The fraction of sp³-hybridized carbons (Fsp3) is 0.111. The van der Waals surface area contributed by atoms with E-state index in [2.05, 4.69) is 159 Å². The van der Waals surface area contributed by atoms with Crippen LogP contribution in [-0.2, 0) is 11.8 Å². The average molecular weight is 575 g/mol. The highest BCUT2D eigenvalue weighted by atomic mass is 14.4. The zero-order valence-electron chi connectivity index (χ0n) is 25.8. The second-order valence-corrected chi connectivity index (χ2v) is 13.2. The normalized spacial score (nSPS) is 14.4. The molecule has 0 N–H and O–H groups in total. The molecule has 0 unspecified atom stereocenters. The highest BCUT2D eigenvalue weighted by Crippen LogP contribution is 2.52.